The van der Waals surface area contributed by atoms with E-state index in [1.165, 1.54) is 97.4 Å². The van der Waals surface area contributed by atoms with Gasteiger partial charge in [0.2, 0.25) is 0 Å². The van der Waals surface area contributed by atoms with Crippen molar-refractivity contribution in [3.8, 4) is 0 Å². The van der Waals surface area contributed by atoms with E-state index in [-0.39, 0.29) is 0 Å². The zero-order valence-electron chi connectivity index (χ0n) is 13.7. The predicted octanol–water partition coefficient (Wildman–Crippen LogP) is 1.14. The second kappa shape index (κ2) is 8.47. The second-order valence-electron chi connectivity index (χ2n) is 7.17. The normalized spacial score (nSPS) is 34.3. The molecule has 0 saturated carbocycles. The molecule has 2 N–H and O–H groups in total. The Morgan fingerprint density at radius 1 is 0.762 bits per heavy atom. The molecule has 3 heterocycles. The molecule has 0 aromatic heterocycles. The third kappa shape index (κ3) is 4.65. The van der Waals surface area contributed by atoms with E-state index >= 15 is 0 Å². The zero-order chi connectivity index (χ0) is 14.3. The Hall–Kier alpha value is -0.160. The van der Waals surface area contributed by atoms with E-state index in [9.17, 15) is 0 Å². The summed E-state index contributed by atoms with van der Waals surface area (Å²) >= 11 is 0. The van der Waals surface area contributed by atoms with Crippen molar-refractivity contribution in [1.29, 1.82) is 0 Å². The molecule has 0 radical (unpaired) electrons. The van der Waals surface area contributed by atoms with Gasteiger partial charge in [0.05, 0.1) is 0 Å². The Bertz CT molecular complexity index is 281. The van der Waals surface area contributed by atoms with E-state index in [1.54, 1.807) is 0 Å². The average Bonchev–Trinajstić information content (AvgIpc) is 2.92. The lowest BCUT2D eigenvalue weighted by molar-refractivity contribution is 0.0912. The van der Waals surface area contributed by atoms with Crippen LogP contribution in [0.25, 0.3) is 0 Å². The SMILES string of the molecule is C1CCCN(CC2CCNCC2N2CCCNCC2)CC1. The molecule has 4 nitrogen and oxygen atoms in total. The van der Waals surface area contributed by atoms with Gasteiger partial charge in [-0.2, -0.15) is 0 Å². The summed E-state index contributed by atoms with van der Waals surface area (Å²) in [6, 6.07) is 0.766. The number of likely N-dealkylation sites (tertiary alicyclic amines) is 1. The molecule has 0 spiro atoms. The number of piperidine rings is 1. The molecule has 0 bridgehead atoms. The number of rotatable bonds is 3. The first-order valence-electron chi connectivity index (χ1n) is 9.31. The van der Waals surface area contributed by atoms with Crippen molar-refractivity contribution in [1.82, 2.24) is 20.4 Å². The van der Waals surface area contributed by atoms with Crippen LogP contribution in [0, 0.1) is 5.92 Å². The second-order valence-corrected chi connectivity index (χ2v) is 7.17. The number of nitrogens with zero attached hydrogens (tertiary/aromatic N) is 2. The minimum atomic E-state index is 0.766. The lowest BCUT2D eigenvalue weighted by Gasteiger charge is -2.41. The lowest BCUT2D eigenvalue weighted by atomic mass is 9.90. The minimum absolute atomic E-state index is 0.766. The van der Waals surface area contributed by atoms with Gasteiger partial charge in [0.1, 0.15) is 0 Å². The standard InChI is InChI=1S/C17H34N4/c1-2-4-11-20(10-3-1)15-16-6-8-19-14-17(16)21-12-5-7-18-9-13-21/h16-19H,1-15H2. The lowest BCUT2D eigenvalue weighted by Crippen LogP contribution is -2.54. The first kappa shape index (κ1) is 15.7. The molecule has 0 aromatic rings. The number of nitrogens with one attached hydrogen (secondary N) is 2. The van der Waals surface area contributed by atoms with Crippen LogP contribution in [0.4, 0.5) is 0 Å². The molecule has 3 saturated heterocycles. The van der Waals surface area contributed by atoms with Crippen LogP contribution in [0.2, 0.25) is 0 Å². The highest BCUT2D eigenvalue weighted by atomic mass is 15.2. The monoisotopic (exact) mass is 294 g/mol. The van der Waals surface area contributed by atoms with E-state index in [2.05, 4.69) is 20.4 Å². The summed E-state index contributed by atoms with van der Waals surface area (Å²) in [5.74, 6) is 0.877. The van der Waals surface area contributed by atoms with Gasteiger partial charge < -0.3 is 15.5 Å². The van der Waals surface area contributed by atoms with E-state index < -0.39 is 0 Å². The van der Waals surface area contributed by atoms with Crippen molar-refractivity contribution < 1.29 is 0 Å². The molecule has 3 fully saturated rings. The predicted molar refractivity (Wildman–Crippen MR) is 88.7 cm³/mol. The molecule has 21 heavy (non-hydrogen) atoms. The molecule has 3 rings (SSSR count). The summed E-state index contributed by atoms with van der Waals surface area (Å²) < 4.78 is 0. The third-order valence-electron chi connectivity index (χ3n) is 5.62. The highest BCUT2D eigenvalue weighted by molar-refractivity contribution is 4.89. The molecule has 3 aliphatic heterocycles. The van der Waals surface area contributed by atoms with Gasteiger partial charge in [0.25, 0.3) is 0 Å². The Kier molecular flexibility index (Phi) is 6.34. The summed E-state index contributed by atoms with van der Waals surface area (Å²) in [5.41, 5.74) is 0. The quantitative estimate of drug-likeness (QED) is 0.817. The zero-order valence-corrected chi connectivity index (χ0v) is 13.7. The Morgan fingerprint density at radius 3 is 2.48 bits per heavy atom. The third-order valence-corrected chi connectivity index (χ3v) is 5.62. The van der Waals surface area contributed by atoms with Gasteiger partial charge in [0.15, 0.2) is 0 Å². The topological polar surface area (TPSA) is 30.5 Å². The maximum absolute atomic E-state index is 3.65. The summed E-state index contributed by atoms with van der Waals surface area (Å²) in [7, 11) is 0. The van der Waals surface area contributed by atoms with Crippen LogP contribution in [0.1, 0.15) is 38.5 Å². The van der Waals surface area contributed by atoms with Crippen LogP contribution in [0.5, 0.6) is 0 Å². The molecule has 3 aliphatic rings. The van der Waals surface area contributed by atoms with Crippen molar-refractivity contribution in [2.75, 3.05) is 58.9 Å². The van der Waals surface area contributed by atoms with Crippen molar-refractivity contribution >= 4 is 0 Å². The fourth-order valence-corrected chi connectivity index (χ4v) is 4.39. The Morgan fingerprint density at radius 2 is 1.62 bits per heavy atom. The minimum Gasteiger partial charge on any atom is -0.315 e. The van der Waals surface area contributed by atoms with E-state index in [1.807, 2.05) is 0 Å². The molecule has 0 aromatic carbocycles. The molecule has 2 atom stereocenters. The summed E-state index contributed by atoms with van der Waals surface area (Å²) in [6.45, 7) is 11.4. The highest BCUT2D eigenvalue weighted by Gasteiger charge is 2.31. The number of hydrogen-bond acceptors (Lipinski definition) is 4. The summed E-state index contributed by atoms with van der Waals surface area (Å²) in [4.78, 5) is 5.54. The van der Waals surface area contributed by atoms with Crippen molar-refractivity contribution in [3.63, 3.8) is 0 Å². The Labute approximate surface area is 130 Å². The highest BCUT2D eigenvalue weighted by Crippen LogP contribution is 2.22. The van der Waals surface area contributed by atoms with Gasteiger partial charge in [-0.1, -0.05) is 12.8 Å². The van der Waals surface area contributed by atoms with Gasteiger partial charge in [-0.25, -0.2) is 0 Å². The van der Waals surface area contributed by atoms with Gasteiger partial charge in [-0.15, -0.1) is 0 Å². The van der Waals surface area contributed by atoms with Gasteiger partial charge in [-0.05, 0) is 64.3 Å². The smallest absolute Gasteiger partial charge is 0.0262 e. The summed E-state index contributed by atoms with van der Waals surface area (Å²) in [6.07, 6.45) is 8.42. The molecular formula is C17H34N4. The maximum atomic E-state index is 3.65. The molecular weight excluding hydrogens is 260 g/mol. The van der Waals surface area contributed by atoms with Gasteiger partial charge in [-0.3, -0.25) is 4.90 Å². The van der Waals surface area contributed by atoms with Crippen LogP contribution in [-0.2, 0) is 0 Å². The number of hydrogen-bond donors (Lipinski definition) is 2. The van der Waals surface area contributed by atoms with Crippen LogP contribution >= 0.6 is 0 Å². The largest absolute Gasteiger partial charge is 0.315 e. The average molecular weight is 294 g/mol. The van der Waals surface area contributed by atoms with E-state index in [0.717, 1.165) is 12.0 Å². The van der Waals surface area contributed by atoms with E-state index in [0.29, 0.717) is 0 Å². The maximum Gasteiger partial charge on any atom is 0.0262 e. The van der Waals surface area contributed by atoms with Crippen molar-refractivity contribution in [2.24, 2.45) is 5.92 Å². The van der Waals surface area contributed by atoms with Crippen LogP contribution in [-0.4, -0.2) is 74.7 Å². The fraction of sp³-hybridized carbons (Fsp3) is 1.00. The van der Waals surface area contributed by atoms with Crippen LogP contribution in [0.3, 0.4) is 0 Å². The molecule has 0 amide bonds. The summed E-state index contributed by atoms with van der Waals surface area (Å²) in [5, 5.41) is 7.20. The molecule has 2 unspecified atom stereocenters. The van der Waals surface area contributed by atoms with Crippen molar-refractivity contribution in [2.45, 2.75) is 44.6 Å². The fourth-order valence-electron chi connectivity index (χ4n) is 4.39. The van der Waals surface area contributed by atoms with Gasteiger partial charge >= 0.3 is 0 Å². The first-order chi connectivity index (χ1) is 10.4. The molecule has 4 heteroatoms. The Balaban J connectivity index is 1.57. The molecule has 122 valence electrons. The van der Waals surface area contributed by atoms with Gasteiger partial charge in [0, 0.05) is 32.2 Å². The molecule has 0 aliphatic carbocycles. The van der Waals surface area contributed by atoms with E-state index in [4.69, 9.17) is 0 Å². The van der Waals surface area contributed by atoms with Crippen molar-refractivity contribution in [3.05, 3.63) is 0 Å². The first-order valence-corrected chi connectivity index (χ1v) is 9.31. The van der Waals surface area contributed by atoms with Crippen LogP contribution < -0.4 is 10.6 Å². The van der Waals surface area contributed by atoms with Crippen LogP contribution in [0.15, 0.2) is 0 Å².